The standard InChI is InChI=1S/C24H29ClO/c1-2-18-3-4-21(19-5-7-22(25)8-6-19)17-23(18)20-9-11-24(12-10-20)13-15-26-16-14-24/h3-8,17,20H,2,9-16H2,1H3. The van der Waals surface area contributed by atoms with Gasteiger partial charge in [0, 0.05) is 18.2 Å². The monoisotopic (exact) mass is 368 g/mol. The summed E-state index contributed by atoms with van der Waals surface area (Å²) in [6.45, 7) is 4.22. The van der Waals surface area contributed by atoms with Crippen molar-refractivity contribution >= 4 is 11.6 Å². The molecular formula is C24H29ClO. The van der Waals surface area contributed by atoms with Crippen LogP contribution in [0.4, 0.5) is 0 Å². The van der Waals surface area contributed by atoms with Gasteiger partial charge in [0.2, 0.25) is 0 Å². The molecule has 1 aliphatic heterocycles. The van der Waals surface area contributed by atoms with Crippen molar-refractivity contribution in [2.75, 3.05) is 13.2 Å². The first-order chi connectivity index (χ1) is 12.7. The van der Waals surface area contributed by atoms with Gasteiger partial charge in [0.1, 0.15) is 0 Å². The van der Waals surface area contributed by atoms with E-state index in [4.69, 9.17) is 16.3 Å². The Hall–Kier alpha value is -1.31. The molecule has 1 saturated carbocycles. The predicted molar refractivity (Wildman–Crippen MR) is 110 cm³/mol. The number of hydrogen-bond acceptors (Lipinski definition) is 1. The first-order valence-corrected chi connectivity index (χ1v) is 10.5. The van der Waals surface area contributed by atoms with Gasteiger partial charge in [-0.3, -0.25) is 0 Å². The molecular weight excluding hydrogens is 340 g/mol. The number of aryl methyl sites for hydroxylation is 1. The van der Waals surface area contributed by atoms with Crippen LogP contribution in [0.2, 0.25) is 5.02 Å². The van der Waals surface area contributed by atoms with Crippen LogP contribution in [0.25, 0.3) is 11.1 Å². The zero-order chi connectivity index (χ0) is 18.0. The van der Waals surface area contributed by atoms with Crippen molar-refractivity contribution in [3.63, 3.8) is 0 Å². The second kappa shape index (κ2) is 7.74. The molecule has 0 N–H and O–H groups in total. The van der Waals surface area contributed by atoms with Gasteiger partial charge >= 0.3 is 0 Å². The summed E-state index contributed by atoms with van der Waals surface area (Å²) in [5, 5.41) is 0.799. The van der Waals surface area contributed by atoms with Gasteiger partial charge in [0.05, 0.1) is 0 Å². The third kappa shape index (κ3) is 3.70. The lowest BCUT2D eigenvalue weighted by molar-refractivity contribution is -0.00767. The van der Waals surface area contributed by atoms with Gasteiger partial charge in [-0.1, -0.05) is 48.9 Å². The summed E-state index contributed by atoms with van der Waals surface area (Å²) in [6, 6.07) is 15.3. The number of hydrogen-bond donors (Lipinski definition) is 0. The van der Waals surface area contributed by atoms with Crippen molar-refractivity contribution in [2.45, 2.75) is 57.8 Å². The summed E-state index contributed by atoms with van der Waals surface area (Å²) >= 11 is 6.06. The van der Waals surface area contributed by atoms with E-state index in [0.717, 1.165) is 24.7 Å². The number of benzene rings is 2. The van der Waals surface area contributed by atoms with Crippen molar-refractivity contribution in [2.24, 2.45) is 5.41 Å². The molecule has 0 aromatic heterocycles. The lowest BCUT2D eigenvalue weighted by Gasteiger charge is -2.43. The Kier molecular flexibility index (Phi) is 5.38. The molecule has 2 aliphatic rings. The SMILES string of the molecule is CCc1ccc(-c2ccc(Cl)cc2)cc1C1CCC2(CCOCC2)CC1. The van der Waals surface area contributed by atoms with Crippen molar-refractivity contribution in [1.82, 2.24) is 0 Å². The lowest BCUT2D eigenvalue weighted by atomic mass is 9.65. The maximum atomic E-state index is 6.06. The van der Waals surface area contributed by atoms with Crippen LogP contribution < -0.4 is 0 Å². The van der Waals surface area contributed by atoms with E-state index in [-0.39, 0.29) is 0 Å². The Morgan fingerprint density at radius 3 is 2.23 bits per heavy atom. The van der Waals surface area contributed by atoms with Crippen LogP contribution in [0.15, 0.2) is 42.5 Å². The summed E-state index contributed by atoms with van der Waals surface area (Å²) in [7, 11) is 0. The zero-order valence-electron chi connectivity index (χ0n) is 15.8. The van der Waals surface area contributed by atoms with E-state index < -0.39 is 0 Å². The summed E-state index contributed by atoms with van der Waals surface area (Å²) in [6.07, 6.45) is 9.06. The van der Waals surface area contributed by atoms with Gasteiger partial charge in [0.25, 0.3) is 0 Å². The summed E-state index contributed by atoms with van der Waals surface area (Å²) < 4.78 is 5.61. The number of ether oxygens (including phenoxy) is 1. The van der Waals surface area contributed by atoms with Crippen LogP contribution in [-0.4, -0.2) is 13.2 Å². The third-order valence-electron chi connectivity index (χ3n) is 6.74. The predicted octanol–water partition coefficient (Wildman–Crippen LogP) is 7.02. The molecule has 0 unspecified atom stereocenters. The van der Waals surface area contributed by atoms with Crippen LogP contribution in [-0.2, 0) is 11.2 Å². The van der Waals surface area contributed by atoms with Gasteiger partial charge in [-0.15, -0.1) is 0 Å². The molecule has 1 heterocycles. The van der Waals surface area contributed by atoms with Crippen molar-refractivity contribution in [3.8, 4) is 11.1 Å². The van der Waals surface area contributed by atoms with Crippen LogP contribution in [0.5, 0.6) is 0 Å². The second-order valence-electron chi connectivity index (χ2n) is 8.16. The van der Waals surface area contributed by atoms with Gasteiger partial charge in [-0.05, 0) is 90.7 Å². The van der Waals surface area contributed by atoms with E-state index in [9.17, 15) is 0 Å². The molecule has 1 spiro atoms. The molecule has 2 aromatic carbocycles. The van der Waals surface area contributed by atoms with Gasteiger partial charge in [0.15, 0.2) is 0 Å². The molecule has 0 bridgehead atoms. The van der Waals surface area contributed by atoms with Crippen molar-refractivity contribution in [1.29, 1.82) is 0 Å². The smallest absolute Gasteiger partial charge is 0.0471 e. The second-order valence-corrected chi connectivity index (χ2v) is 8.60. The molecule has 1 saturated heterocycles. The molecule has 0 amide bonds. The van der Waals surface area contributed by atoms with Gasteiger partial charge in [-0.25, -0.2) is 0 Å². The molecule has 4 rings (SSSR count). The normalized spacial score (nSPS) is 20.4. The fourth-order valence-corrected chi connectivity index (χ4v) is 5.09. The lowest BCUT2D eigenvalue weighted by Crippen LogP contribution is -2.33. The zero-order valence-corrected chi connectivity index (χ0v) is 16.5. The maximum absolute atomic E-state index is 6.06. The van der Waals surface area contributed by atoms with Crippen LogP contribution in [0.1, 0.15) is 62.5 Å². The summed E-state index contributed by atoms with van der Waals surface area (Å²) in [4.78, 5) is 0. The van der Waals surface area contributed by atoms with E-state index in [2.05, 4.69) is 37.3 Å². The minimum Gasteiger partial charge on any atom is -0.381 e. The quantitative estimate of drug-likeness (QED) is 0.565. The summed E-state index contributed by atoms with van der Waals surface area (Å²) in [5.74, 6) is 0.714. The van der Waals surface area contributed by atoms with Gasteiger partial charge in [-0.2, -0.15) is 0 Å². The molecule has 1 aliphatic carbocycles. The molecule has 2 heteroatoms. The number of rotatable bonds is 3. The van der Waals surface area contributed by atoms with Crippen molar-refractivity contribution < 1.29 is 4.74 Å². The average molecular weight is 369 g/mol. The van der Waals surface area contributed by atoms with Crippen molar-refractivity contribution in [3.05, 3.63) is 58.6 Å². The van der Waals surface area contributed by atoms with E-state index in [0.29, 0.717) is 11.3 Å². The fourth-order valence-electron chi connectivity index (χ4n) is 4.96. The minimum absolute atomic E-state index is 0.578. The highest BCUT2D eigenvalue weighted by molar-refractivity contribution is 6.30. The third-order valence-corrected chi connectivity index (χ3v) is 7.00. The molecule has 26 heavy (non-hydrogen) atoms. The first kappa shape index (κ1) is 18.1. The maximum Gasteiger partial charge on any atom is 0.0471 e. The summed E-state index contributed by atoms with van der Waals surface area (Å²) in [5.41, 5.74) is 6.27. The Bertz CT molecular complexity index is 733. The van der Waals surface area contributed by atoms with E-state index in [1.54, 1.807) is 5.56 Å². The minimum atomic E-state index is 0.578. The Labute approximate surface area is 162 Å². The molecule has 138 valence electrons. The molecule has 1 nitrogen and oxygen atoms in total. The molecule has 0 radical (unpaired) electrons. The highest BCUT2D eigenvalue weighted by atomic mass is 35.5. The first-order valence-electron chi connectivity index (χ1n) is 10.2. The molecule has 0 atom stereocenters. The molecule has 2 fully saturated rings. The Balaban J connectivity index is 1.57. The fraction of sp³-hybridized carbons (Fsp3) is 0.500. The topological polar surface area (TPSA) is 9.23 Å². The van der Waals surface area contributed by atoms with Crippen LogP contribution in [0.3, 0.4) is 0 Å². The highest BCUT2D eigenvalue weighted by Gasteiger charge is 2.37. The number of halogens is 1. The largest absolute Gasteiger partial charge is 0.381 e. The average Bonchev–Trinajstić information content (AvgIpc) is 2.69. The van der Waals surface area contributed by atoms with E-state index in [1.165, 1.54) is 55.2 Å². The van der Waals surface area contributed by atoms with E-state index >= 15 is 0 Å². The van der Waals surface area contributed by atoms with Crippen LogP contribution >= 0.6 is 11.6 Å². The Morgan fingerprint density at radius 2 is 1.58 bits per heavy atom. The molecule has 2 aromatic rings. The van der Waals surface area contributed by atoms with E-state index in [1.807, 2.05) is 12.1 Å². The Morgan fingerprint density at radius 1 is 0.923 bits per heavy atom. The van der Waals surface area contributed by atoms with Gasteiger partial charge < -0.3 is 4.74 Å². The van der Waals surface area contributed by atoms with Crippen LogP contribution in [0, 0.1) is 5.41 Å². The highest BCUT2D eigenvalue weighted by Crippen LogP contribution is 2.49.